The van der Waals surface area contributed by atoms with Gasteiger partial charge in [-0.05, 0) is 24.5 Å². The number of hydrogen-bond acceptors (Lipinski definition) is 4. The molecule has 2 aromatic carbocycles. The van der Waals surface area contributed by atoms with Crippen LogP contribution in [0, 0.1) is 5.92 Å². The van der Waals surface area contributed by atoms with E-state index in [1.54, 1.807) is 6.92 Å². The Morgan fingerprint density at radius 2 is 1.50 bits per heavy atom. The number of hydrogen-bond donors (Lipinski definition) is 2. The molecule has 2 unspecified atom stereocenters. The van der Waals surface area contributed by atoms with Crippen molar-refractivity contribution in [2.75, 3.05) is 26.2 Å². The normalized spacial score (nSPS) is 21.9. The highest BCUT2D eigenvalue weighted by Crippen LogP contribution is 2.29. The molecule has 2 aliphatic rings. The molecule has 0 radical (unpaired) electrons. The number of benzene rings is 2. The molecule has 2 atom stereocenters. The number of piperazine rings is 1. The third kappa shape index (κ3) is 4.99. The summed E-state index contributed by atoms with van der Waals surface area (Å²) < 4.78 is 0. The Bertz CT molecular complexity index is 903. The molecule has 32 heavy (non-hydrogen) atoms. The van der Waals surface area contributed by atoms with Crippen LogP contribution in [0.2, 0.25) is 0 Å². The topological polar surface area (TPSA) is 81.8 Å². The summed E-state index contributed by atoms with van der Waals surface area (Å²) in [6, 6.07) is 20.4. The molecule has 0 aromatic heterocycles. The second-order valence-corrected chi connectivity index (χ2v) is 8.54. The fourth-order valence-electron chi connectivity index (χ4n) is 4.71. The standard InChI is InChI=1S/C25H30N4O3/c1-18-21(24(31)27-25(32)26-18)12-13-22(30)28-14-16-29(17-15-28)23(19-8-4-2-5-9-19)20-10-6-3-7-11-20/h2-11,18,21,23H,12-17H2,1H3,(H2,26,27,31,32). The van der Waals surface area contributed by atoms with Gasteiger partial charge >= 0.3 is 6.03 Å². The Hall–Kier alpha value is -3.19. The molecule has 7 heteroatoms. The number of rotatable bonds is 6. The van der Waals surface area contributed by atoms with Gasteiger partial charge in [-0.15, -0.1) is 0 Å². The highest BCUT2D eigenvalue weighted by molar-refractivity contribution is 5.98. The zero-order valence-corrected chi connectivity index (χ0v) is 18.4. The van der Waals surface area contributed by atoms with Gasteiger partial charge < -0.3 is 10.2 Å². The van der Waals surface area contributed by atoms with Crippen LogP contribution in [0.5, 0.6) is 0 Å². The maximum absolute atomic E-state index is 12.8. The van der Waals surface area contributed by atoms with Gasteiger partial charge in [-0.2, -0.15) is 0 Å². The number of carbonyl (C=O) groups excluding carboxylic acids is 3. The fourth-order valence-corrected chi connectivity index (χ4v) is 4.71. The molecule has 2 aromatic rings. The van der Waals surface area contributed by atoms with E-state index in [1.807, 2.05) is 17.0 Å². The van der Waals surface area contributed by atoms with Gasteiger partial charge in [0, 0.05) is 38.6 Å². The van der Waals surface area contributed by atoms with Gasteiger partial charge in [-0.25, -0.2) is 4.79 Å². The molecule has 2 aliphatic heterocycles. The molecular weight excluding hydrogens is 404 g/mol. The molecule has 168 valence electrons. The summed E-state index contributed by atoms with van der Waals surface area (Å²) in [6.45, 7) is 4.71. The number of carbonyl (C=O) groups is 3. The lowest BCUT2D eigenvalue weighted by Crippen LogP contribution is -2.57. The van der Waals surface area contributed by atoms with Crippen LogP contribution in [-0.2, 0) is 9.59 Å². The third-order valence-corrected chi connectivity index (χ3v) is 6.47. The van der Waals surface area contributed by atoms with Crippen molar-refractivity contribution in [3.63, 3.8) is 0 Å². The molecule has 0 saturated carbocycles. The zero-order valence-electron chi connectivity index (χ0n) is 18.4. The molecule has 2 heterocycles. The third-order valence-electron chi connectivity index (χ3n) is 6.47. The van der Waals surface area contributed by atoms with Gasteiger partial charge in [0.25, 0.3) is 0 Å². The van der Waals surface area contributed by atoms with Gasteiger partial charge in [0.2, 0.25) is 11.8 Å². The number of amides is 4. The number of urea groups is 1. The van der Waals surface area contributed by atoms with Crippen LogP contribution in [-0.4, -0.2) is 59.9 Å². The van der Waals surface area contributed by atoms with Crippen LogP contribution in [0.25, 0.3) is 0 Å². The highest BCUT2D eigenvalue weighted by atomic mass is 16.2. The van der Waals surface area contributed by atoms with Gasteiger partial charge in [-0.3, -0.25) is 19.8 Å². The van der Waals surface area contributed by atoms with Crippen molar-refractivity contribution in [3.05, 3.63) is 71.8 Å². The SMILES string of the molecule is CC1NC(=O)NC(=O)C1CCC(=O)N1CCN(C(c2ccccc2)c2ccccc2)CC1. The van der Waals surface area contributed by atoms with E-state index in [2.05, 4.69) is 64.1 Å². The second kappa shape index (κ2) is 9.96. The molecule has 0 bridgehead atoms. The predicted octanol–water partition coefficient (Wildman–Crippen LogP) is 2.54. The summed E-state index contributed by atoms with van der Waals surface area (Å²) in [4.78, 5) is 40.6. The summed E-state index contributed by atoms with van der Waals surface area (Å²) in [5.41, 5.74) is 2.50. The summed E-state index contributed by atoms with van der Waals surface area (Å²) in [7, 11) is 0. The lowest BCUT2D eigenvalue weighted by atomic mass is 9.93. The average molecular weight is 435 g/mol. The Labute approximate surface area is 188 Å². The molecular formula is C25H30N4O3. The largest absolute Gasteiger partial charge is 0.340 e. The molecule has 0 aliphatic carbocycles. The predicted molar refractivity (Wildman–Crippen MR) is 122 cm³/mol. The first-order valence-electron chi connectivity index (χ1n) is 11.3. The van der Waals surface area contributed by atoms with E-state index in [4.69, 9.17) is 0 Å². The van der Waals surface area contributed by atoms with Crippen LogP contribution in [0.3, 0.4) is 0 Å². The minimum absolute atomic E-state index is 0.0672. The van der Waals surface area contributed by atoms with Gasteiger partial charge in [-0.1, -0.05) is 60.7 Å². The van der Waals surface area contributed by atoms with E-state index in [0.717, 1.165) is 13.1 Å². The minimum Gasteiger partial charge on any atom is -0.340 e. The van der Waals surface area contributed by atoms with Crippen molar-refractivity contribution in [1.29, 1.82) is 0 Å². The lowest BCUT2D eigenvalue weighted by molar-refractivity contribution is -0.134. The number of nitrogens with zero attached hydrogens (tertiary/aromatic N) is 2. The molecule has 2 N–H and O–H groups in total. The van der Waals surface area contributed by atoms with Gasteiger partial charge in [0.1, 0.15) is 0 Å². The second-order valence-electron chi connectivity index (χ2n) is 8.54. The van der Waals surface area contributed by atoms with Crippen LogP contribution >= 0.6 is 0 Å². The first kappa shape index (κ1) is 22.0. The van der Waals surface area contributed by atoms with E-state index in [-0.39, 0.29) is 29.8 Å². The van der Waals surface area contributed by atoms with Crippen molar-refractivity contribution in [2.24, 2.45) is 5.92 Å². The summed E-state index contributed by atoms with van der Waals surface area (Å²) in [6.07, 6.45) is 0.738. The van der Waals surface area contributed by atoms with Crippen molar-refractivity contribution < 1.29 is 14.4 Å². The molecule has 4 amide bonds. The fraction of sp³-hybridized carbons (Fsp3) is 0.400. The smallest absolute Gasteiger partial charge is 0.321 e. The van der Waals surface area contributed by atoms with Gasteiger partial charge in [0.05, 0.1) is 12.0 Å². The summed E-state index contributed by atoms with van der Waals surface area (Å²) in [5, 5.41) is 5.00. The average Bonchev–Trinajstić information content (AvgIpc) is 2.80. The van der Waals surface area contributed by atoms with E-state index in [9.17, 15) is 14.4 Å². The van der Waals surface area contributed by atoms with Crippen LogP contribution in [0.1, 0.15) is 36.9 Å². The molecule has 4 rings (SSSR count). The Kier molecular flexibility index (Phi) is 6.85. The van der Waals surface area contributed by atoms with E-state index in [1.165, 1.54) is 11.1 Å². The minimum atomic E-state index is -0.465. The molecule has 2 saturated heterocycles. The van der Waals surface area contributed by atoms with E-state index in [0.29, 0.717) is 25.9 Å². The zero-order chi connectivity index (χ0) is 22.5. The molecule has 7 nitrogen and oxygen atoms in total. The monoisotopic (exact) mass is 434 g/mol. The molecule has 0 spiro atoms. The Balaban J connectivity index is 1.36. The van der Waals surface area contributed by atoms with E-state index < -0.39 is 6.03 Å². The quantitative estimate of drug-likeness (QED) is 0.732. The van der Waals surface area contributed by atoms with Crippen molar-refractivity contribution in [2.45, 2.75) is 31.8 Å². The first-order valence-corrected chi connectivity index (χ1v) is 11.3. The maximum Gasteiger partial charge on any atom is 0.321 e. The summed E-state index contributed by atoms with van der Waals surface area (Å²) >= 11 is 0. The number of imide groups is 1. The van der Waals surface area contributed by atoms with Gasteiger partial charge in [0.15, 0.2) is 0 Å². The van der Waals surface area contributed by atoms with Crippen molar-refractivity contribution in [3.8, 4) is 0 Å². The van der Waals surface area contributed by atoms with E-state index >= 15 is 0 Å². The number of nitrogens with one attached hydrogen (secondary N) is 2. The van der Waals surface area contributed by atoms with Crippen molar-refractivity contribution >= 4 is 17.8 Å². The lowest BCUT2D eigenvalue weighted by Gasteiger charge is -2.40. The first-order chi connectivity index (χ1) is 15.5. The Morgan fingerprint density at radius 1 is 0.938 bits per heavy atom. The van der Waals surface area contributed by atoms with Crippen molar-refractivity contribution in [1.82, 2.24) is 20.4 Å². The highest BCUT2D eigenvalue weighted by Gasteiger charge is 2.34. The molecule has 2 fully saturated rings. The summed E-state index contributed by atoms with van der Waals surface area (Å²) in [5.74, 6) is -0.608. The van der Waals surface area contributed by atoms with Crippen LogP contribution < -0.4 is 10.6 Å². The Morgan fingerprint density at radius 3 is 2.03 bits per heavy atom. The maximum atomic E-state index is 12.8. The van der Waals surface area contributed by atoms with Crippen LogP contribution in [0.15, 0.2) is 60.7 Å². The van der Waals surface area contributed by atoms with Crippen LogP contribution in [0.4, 0.5) is 4.79 Å².